The molecule has 7 heteroatoms. The number of anilines is 1. The van der Waals surface area contributed by atoms with E-state index in [2.05, 4.69) is 16.0 Å². The molecule has 136 valence electrons. The predicted octanol–water partition coefficient (Wildman–Crippen LogP) is 4.31. The molecule has 0 saturated carbocycles. The maximum atomic E-state index is 12.9. The number of hydrogen-bond donors (Lipinski definition) is 1. The van der Waals surface area contributed by atoms with Gasteiger partial charge in [-0.05, 0) is 30.3 Å². The van der Waals surface area contributed by atoms with Crippen LogP contribution in [-0.4, -0.2) is 42.0 Å². The summed E-state index contributed by atoms with van der Waals surface area (Å²) in [4.78, 5) is 20.1. The SMILES string of the molecule is N#Cc1ccc(N2CCN(C(=O)c3c[nH]c4cc(Cl)ccc34)CC2)cc1Cl. The van der Waals surface area contributed by atoms with Gasteiger partial charge in [0.25, 0.3) is 5.91 Å². The molecular formula is C20H16Cl2N4O. The van der Waals surface area contributed by atoms with Crippen molar-refractivity contribution in [2.24, 2.45) is 0 Å². The Morgan fingerprint density at radius 1 is 1.07 bits per heavy atom. The van der Waals surface area contributed by atoms with Gasteiger partial charge in [0.2, 0.25) is 0 Å². The number of carbonyl (C=O) groups is 1. The standard InChI is InChI=1S/C20H16Cl2N4O/c21-14-2-4-16-17(12-24-19(16)9-14)20(27)26-7-5-25(6-8-26)15-3-1-13(11-23)18(22)10-15/h1-4,9-10,12,24H,5-8H2. The Balaban J connectivity index is 1.48. The molecule has 0 aliphatic carbocycles. The van der Waals surface area contributed by atoms with Crippen LogP contribution in [0.2, 0.25) is 10.0 Å². The first-order valence-corrected chi connectivity index (χ1v) is 9.33. The van der Waals surface area contributed by atoms with E-state index in [4.69, 9.17) is 28.5 Å². The smallest absolute Gasteiger partial charge is 0.256 e. The summed E-state index contributed by atoms with van der Waals surface area (Å²) in [6, 6.07) is 13.0. The highest BCUT2D eigenvalue weighted by Crippen LogP contribution is 2.26. The van der Waals surface area contributed by atoms with E-state index in [-0.39, 0.29) is 5.91 Å². The number of benzene rings is 2. The molecule has 1 aromatic heterocycles. The zero-order chi connectivity index (χ0) is 19.0. The van der Waals surface area contributed by atoms with Crippen LogP contribution in [-0.2, 0) is 0 Å². The second kappa shape index (κ2) is 7.15. The van der Waals surface area contributed by atoms with Gasteiger partial charge < -0.3 is 14.8 Å². The first kappa shape index (κ1) is 17.7. The molecule has 1 aliphatic heterocycles. The normalized spacial score (nSPS) is 14.4. The summed E-state index contributed by atoms with van der Waals surface area (Å²) >= 11 is 12.1. The number of nitrogens with one attached hydrogen (secondary N) is 1. The minimum absolute atomic E-state index is 0.0149. The summed E-state index contributed by atoms with van der Waals surface area (Å²) in [6.45, 7) is 2.66. The Hall–Kier alpha value is -2.68. The van der Waals surface area contributed by atoms with Crippen LogP contribution < -0.4 is 4.90 Å². The van der Waals surface area contributed by atoms with Crippen molar-refractivity contribution in [1.29, 1.82) is 5.26 Å². The quantitative estimate of drug-likeness (QED) is 0.699. The molecule has 3 aromatic rings. The number of halogens is 2. The Labute approximate surface area is 166 Å². The second-order valence-electron chi connectivity index (χ2n) is 6.45. The molecule has 2 heterocycles. The summed E-state index contributed by atoms with van der Waals surface area (Å²) in [5.74, 6) is 0.0149. The number of amides is 1. The second-order valence-corrected chi connectivity index (χ2v) is 7.29. The zero-order valence-electron chi connectivity index (χ0n) is 14.4. The average molecular weight is 399 g/mol. The molecule has 27 heavy (non-hydrogen) atoms. The summed E-state index contributed by atoms with van der Waals surface area (Å²) in [5, 5.41) is 11.0. The van der Waals surface area contributed by atoms with Gasteiger partial charge in [0.15, 0.2) is 0 Å². The number of aromatic amines is 1. The molecule has 0 radical (unpaired) electrons. The third kappa shape index (κ3) is 3.34. The minimum Gasteiger partial charge on any atom is -0.368 e. The summed E-state index contributed by atoms with van der Waals surface area (Å²) in [7, 11) is 0. The van der Waals surface area contributed by atoms with Crippen molar-refractivity contribution >= 4 is 45.7 Å². The molecule has 1 aliphatic rings. The lowest BCUT2D eigenvalue weighted by molar-refractivity contribution is 0.0749. The van der Waals surface area contributed by atoms with E-state index in [0.717, 1.165) is 16.6 Å². The fourth-order valence-corrected chi connectivity index (χ4v) is 3.79. The topological polar surface area (TPSA) is 63.1 Å². The molecule has 4 rings (SSSR count). The van der Waals surface area contributed by atoms with E-state index >= 15 is 0 Å². The molecular weight excluding hydrogens is 383 g/mol. The van der Waals surface area contributed by atoms with E-state index in [1.807, 2.05) is 23.1 Å². The molecule has 5 nitrogen and oxygen atoms in total. The van der Waals surface area contributed by atoms with Gasteiger partial charge in [0.1, 0.15) is 6.07 Å². The van der Waals surface area contributed by atoms with E-state index in [1.54, 1.807) is 24.4 Å². The Morgan fingerprint density at radius 2 is 1.85 bits per heavy atom. The average Bonchev–Trinajstić information content (AvgIpc) is 3.10. The van der Waals surface area contributed by atoms with Crippen LogP contribution in [0.1, 0.15) is 15.9 Å². The predicted molar refractivity (Wildman–Crippen MR) is 108 cm³/mol. The van der Waals surface area contributed by atoms with Crippen molar-refractivity contribution in [3.05, 3.63) is 63.8 Å². The van der Waals surface area contributed by atoms with Gasteiger partial charge in [-0.1, -0.05) is 29.3 Å². The van der Waals surface area contributed by atoms with E-state index < -0.39 is 0 Å². The minimum atomic E-state index is 0.0149. The van der Waals surface area contributed by atoms with Gasteiger partial charge in [-0.15, -0.1) is 0 Å². The van der Waals surface area contributed by atoms with Crippen molar-refractivity contribution in [2.75, 3.05) is 31.1 Å². The Morgan fingerprint density at radius 3 is 2.56 bits per heavy atom. The molecule has 1 amide bonds. The van der Waals surface area contributed by atoms with Crippen molar-refractivity contribution in [1.82, 2.24) is 9.88 Å². The van der Waals surface area contributed by atoms with E-state index in [0.29, 0.717) is 47.4 Å². The summed E-state index contributed by atoms with van der Waals surface area (Å²) in [6.07, 6.45) is 1.75. The van der Waals surface area contributed by atoms with Crippen LogP contribution in [0, 0.1) is 11.3 Å². The van der Waals surface area contributed by atoms with Gasteiger partial charge in [-0.3, -0.25) is 4.79 Å². The zero-order valence-corrected chi connectivity index (χ0v) is 15.9. The number of hydrogen-bond acceptors (Lipinski definition) is 3. The number of nitrogens with zero attached hydrogens (tertiary/aromatic N) is 3. The number of rotatable bonds is 2. The highest BCUT2D eigenvalue weighted by atomic mass is 35.5. The summed E-state index contributed by atoms with van der Waals surface area (Å²) < 4.78 is 0. The van der Waals surface area contributed by atoms with Crippen LogP contribution in [0.5, 0.6) is 0 Å². The fraction of sp³-hybridized carbons (Fsp3) is 0.200. The third-order valence-electron chi connectivity index (χ3n) is 4.88. The van der Waals surface area contributed by atoms with Crippen LogP contribution in [0.3, 0.4) is 0 Å². The molecule has 1 fully saturated rings. The van der Waals surface area contributed by atoms with Gasteiger partial charge in [-0.2, -0.15) is 5.26 Å². The Bertz CT molecular complexity index is 1060. The number of aromatic nitrogens is 1. The number of H-pyrrole nitrogens is 1. The van der Waals surface area contributed by atoms with Gasteiger partial charge >= 0.3 is 0 Å². The largest absolute Gasteiger partial charge is 0.368 e. The van der Waals surface area contributed by atoms with Crippen LogP contribution in [0.4, 0.5) is 5.69 Å². The first-order chi connectivity index (χ1) is 13.1. The van der Waals surface area contributed by atoms with Crippen molar-refractivity contribution in [3.63, 3.8) is 0 Å². The monoisotopic (exact) mass is 398 g/mol. The van der Waals surface area contributed by atoms with Crippen molar-refractivity contribution in [2.45, 2.75) is 0 Å². The van der Waals surface area contributed by atoms with E-state index in [9.17, 15) is 4.79 Å². The number of fused-ring (bicyclic) bond motifs is 1. The third-order valence-corrected chi connectivity index (χ3v) is 5.43. The van der Waals surface area contributed by atoms with E-state index in [1.165, 1.54) is 0 Å². The molecule has 2 aromatic carbocycles. The van der Waals surface area contributed by atoms with Crippen molar-refractivity contribution < 1.29 is 4.79 Å². The van der Waals surface area contributed by atoms with Crippen LogP contribution in [0.15, 0.2) is 42.6 Å². The number of nitriles is 1. The molecule has 1 N–H and O–H groups in total. The number of carbonyl (C=O) groups excluding carboxylic acids is 1. The highest BCUT2D eigenvalue weighted by Gasteiger charge is 2.24. The Kier molecular flexibility index (Phi) is 4.69. The maximum absolute atomic E-state index is 12.9. The van der Waals surface area contributed by atoms with Gasteiger partial charge in [0, 0.05) is 54.0 Å². The number of piperazine rings is 1. The maximum Gasteiger partial charge on any atom is 0.256 e. The molecule has 0 bridgehead atoms. The first-order valence-electron chi connectivity index (χ1n) is 8.57. The lowest BCUT2D eigenvalue weighted by atomic mass is 10.1. The fourth-order valence-electron chi connectivity index (χ4n) is 3.40. The molecule has 0 spiro atoms. The lowest BCUT2D eigenvalue weighted by Gasteiger charge is -2.36. The van der Waals surface area contributed by atoms with Crippen LogP contribution >= 0.6 is 23.2 Å². The van der Waals surface area contributed by atoms with Crippen LogP contribution in [0.25, 0.3) is 10.9 Å². The molecule has 0 atom stereocenters. The summed E-state index contributed by atoms with van der Waals surface area (Å²) in [5.41, 5.74) is 2.95. The van der Waals surface area contributed by atoms with Gasteiger partial charge in [0.05, 0.1) is 16.1 Å². The van der Waals surface area contributed by atoms with Crippen molar-refractivity contribution in [3.8, 4) is 6.07 Å². The van der Waals surface area contributed by atoms with Gasteiger partial charge in [-0.25, -0.2) is 0 Å². The lowest BCUT2D eigenvalue weighted by Crippen LogP contribution is -2.48. The molecule has 1 saturated heterocycles. The molecule has 0 unspecified atom stereocenters. The highest BCUT2D eigenvalue weighted by molar-refractivity contribution is 6.32.